The minimum absolute atomic E-state index is 0.276. The van der Waals surface area contributed by atoms with Crippen LogP contribution in [0.25, 0.3) is 0 Å². The van der Waals surface area contributed by atoms with Gasteiger partial charge in [-0.25, -0.2) is 9.59 Å². The van der Waals surface area contributed by atoms with Crippen LogP contribution in [0.2, 0.25) is 0 Å². The maximum absolute atomic E-state index is 12.8. The van der Waals surface area contributed by atoms with Gasteiger partial charge in [-0.3, -0.25) is 4.90 Å². The minimum Gasteiger partial charge on any atom is -0.497 e. The predicted molar refractivity (Wildman–Crippen MR) is 101 cm³/mol. The van der Waals surface area contributed by atoms with Crippen molar-refractivity contribution in [2.24, 2.45) is 0 Å². The largest absolute Gasteiger partial charge is 0.497 e. The number of esters is 1. The second-order valence-electron chi connectivity index (χ2n) is 6.76. The van der Waals surface area contributed by atoms with Gasteiger partial charge in [0.2, 0.25) is 0 Å². The molecule has 1 fully saturated rings. The zero-order valence-corrected chi connectivity index (χ0v) is 15.9. The summed E-state index contributed by atoms with van der Waals surface area (Å²) in [6.45, 7) is 4.51. The number of carbonyl (C=O) groups is 2. The summed E-state index contributed by atoms with van der Waals surface area (Å²) in [6.07, 6.45) is 3.49. The molecule has 2 aliphatic rings. The quantitative estimate of drug-likeness (QED) is 0.749. The summed E-state index contributed by atoms with van der Waals surface area (Å²) < 4.78 is 10.6. The Morgan fingerprint density at radius 1 is 1.26 bits per heavy atom. The zero-order valence-electron chi connectivity index (χ0n) is 15.9. The van der Waals surface area contributed by atoms with E-state index in [1.807, 2.05) is 24.3 Å². The Labute approximate surface area is 159 Å². The molecule has 7 nitrogen and oxygen atoms in total. The van der Waals surface area contributed by atoms with Crippen LogP contribution in [0.1, 0.15) is 37.8 Å². The standard InChI is InChI=1S/C20H27N3O4/c1-3-27-19(24)17-16(13-23-10-5-4-6-11-23)21-20(25)22-18(17)14-8-7-9-15(12-14)26-2/h7-9,12,18H,3-6,10-11,13H2,1-2H3,(H2,21,22,25)/t18-/m0/s1. The van der Waals surface area contributed by atoms with Crippen LogP contribution in [0, 0.1) is 0 Å². The molecule has 2 amide bonds. The van der Waals surface area contributed by atoms with Crippen LogP contribution in [0.4, 0.5) is 4.79 Å². The van der Waals surface area contributed by atoms with E-state index in [4.69, 9.17) is 9.47 Å². The molecule has 0 radical (unpaired) electrons. The van der Waals surface area contributed by atoms with Gasteiger partial charge in [0.05, 0.1) is 25.3 Å². The van der Waals surface area contributed by atoms with E-state index in [0.29, 0.717) is 23.6 Å². The van der Waals surface area contributed by atoms with Crippen LogP contribution in [-0.2, 0) is 9.53 Å². The summed E-state index contributed by atoms with van der Waals surface area (Å²) in [6, 6.07) is 6.48. The first-order valence-electron chi connectivity index (χ1n) is 9.46. The molecule has 0 saturated carbocycles. The first-order valence-corrected chi connectivity index (χ1v) is 9.46. The number of nitrogens with one attached hydrogen (secondary N) is 2. The number of piperidine rings is 1. The van der Waals surface area contributed by atoms with Crippen molar-refractivity contribution in [2.75, 3.05) is 33.4 Å². The van der Waals surface area contributed by atoms with Crippen molar-refractivity contribution in [2.45, 2.75) is 32.2 Å². The highest BCUT2D eigenvalue weighted by Gasteiger charge is 2.34. The van der Waals surface area contributed by atoms with Crippen molar-refractivity contribution in [1.82, 2.24) is 15.5 Å². The van der Waals surface area contributed by atoms with Gasteiger partial charge in [0, 0.05) is 12.2 Å². The highest BCUT2D eigenvalue weighted by Crippen LogP contribution is 2.30. The Morgan fingerprint density at radius 3 is 2.74 bits per heavy atom. The average molecular weight is 373 g/mol. The van der Waals surface area contributed by atoms with E-state index in [1.165, 1.54) is 6.42 Å². The fourth-order valence-corrected chi connectivity index (χ4v) is 3.60. The van der Waals surface area contributed by atoms with E-state index in [-0.39, 0.29) is 12.6 Å². The zero-order chi connectivity index (χ0) is 19.2. The summed E-state index contributed by atoms with van der Waals surface area (Å²) in [5.41, 5.74) is 1.85. The number of benzene rings is 1. The Balaban J connectivity index is 1.98. The van der Waals surface area contributed by atoms with Crippen LogP contribution >= 0.6 is 0 Å². The second kappa shape index (κ2) is 8.90. The Kier molecular flexibility index (Phi) is 6.34. The van der Waals surface area contributed by atoms with Crippen molar-refractivity contribution < 1.29 is 19.1 Å². The van der Waals surface area contributed by atoms with Crippen LogP contribution < -0.4 is 15.4 Å². The number of methoxy groups -OCH3 is 1. The van der Waals surface area contributed by atoms with Gasteiger partial charge in [-0.2, -0.15) is 0 Å². The molecule has 1 saturated heterocycles. The summed E-state index contributed by atoms with van der Waals surface area (Å²) in [4.78, 5) is 27.4. The van der Waals surface area contributed by atoms with Gasteiger partial charge in [0.25, 0.3) is 0 Å². The fourth-order valence-electron chi connectivity index (χ4n) is 3.60. The van der Waals surface area contributed by atoms with Gasteiger partial charge in [-0.1, -0.05) is 18.6 Å². The highest BCUT2D eigenvalue weighted by molar-refractivity contribution is 5.95. The lowest BCUT2D eigenvalue weighted by atomic mass is 9.94. The molecule has 0 unspecified atom stereocenters. The van der Waals surface area contributed by atoms with Crippen LogP contribution in [0.15, 0.2) is 35.5 Å². The van der Waals surface area contributed by atoms with Crippen LogP contribution in [-0.4, -0.2) is 50.3 Å². The van der Waals surface area contributed by atoms with E-state index < -0.39 is 12.0 Å². The van der Waals surface area contributed by atoms with E-state index in [9.17, 15) is 9.59 Å². The van der Waals surface area contributed by atoms with Crippen LogP contribution in [0.3, 0.4) is 0 Å². The van der Waals surface area contributed by atoms with Gasteiger partial charge in [-0.15, -0.1) is 0 Å². The van der Waals surface area contributed by atoms with E-state index >= 15 is 0 Å². The van der Waals surface area contributed by atoms with Crippen molar-refractivity contribution in [3.05, 3.63) is 41.1 Å². The molecule has 0 spiro atoms. The third-order valence-electron chi connectivity index (χ3n) is 4.91. The summed E-state index contributed by atoms with van der Waals surface area (Å²) in [5.74, 6) is 0.255. The van der Waals surface area contributed by atoms with Gasteiger partial charge in [0.1, 0.15) is 5.75 Å². The van der Waals surface area contributed by atoms with Crippen molar-refractivity contribution in [3.63, 3.8) is 0 Å². The summed E-state index contributed by atoms with van der Waals surface area (Å²) in [5, 5.41) is 5.70. The normalized spacial score (nSPS) is 20.7. The predicted octanol–water partition coefficient (Wildman–Crippen LogP) is 2.35. The summed E-state index contributed by atoms with van der Waals surface area (Å²) in [7, 11) is 1.59. The Hall–Kier alpha value is -2.54. The number of ether oxygens (including phenoxy) is 2. The molecule has 2 N–H and O–H groups in total. The molecule has 0 aromatic heterocycles. The van der Waals surface area contributed by atoms with E-state index in [2.05, 4.69) is 15.5 Å². The topological polar surface area (TPSA) is 79.9 Å². The Bertz CT molecular complexity index is 726. The molecule has 7 heteroatoms. The van der Waals surface area contributed by atoms with Gasteiger partial charge < -0.3 is 20.1 Å². The third kappa shape index (κ3) is 4.60. The fraction of sp³-hybridized carbons (Fsp3) is 0.500. The molecular weight excluding hydrogens is 346 g/mol. The maximum Gasteiger partial charge on any atom is 0.338 e. The van der Waals surface area contributed by atoms with Gasteiger partial charge in [0.15, 0.2) is 0 Å². The smallest absolute Gasteiger partial charge is 0.338 e. The van der Waals surface area contributed by atoms with Gasteiger partial charge in [-0.05, 0) is 50.6 Å². The van der Waals surface area contributed by atoms with E-state index in [0.717, 1.165) is 31.5 Å². The molecule has 3 rings (SSSR count). The number of nitrogens with zero attached hydrogens (tertiary/aromatic N) is 1. The number of hydrogen-bond donors (Lipinski definition) is 2. The van der Waals surface area contributed by atoms with Crippen LogP contribution in [0.5, 0.6) is 5.75 Å². The first kappa shape index (κ1) is 19.2. The minimum atomic E-state index is -0.576. The number of amides is 2. The number of rotatable bonds is 6. The van der Waals surface area contributed by atoms with Gasteiger partial charge >= 0.3 is 12.0 Å². The molecular formula is C20H27N3O4. The third-order valence-corrected chi connectivity index (χ3v) is 4.91. The molecule has 0 aliphatic carbocycles. The molecule has 1 aromatic carbocycles. The number of urea groups is 1. The van der Waals surface area contributed by atoms with Crippen molar-refractivity contribution >= 4 is 12.0 Å². The molecule has 2 aliphatic heterocycles. The average Bonchev–Trinajstić information content (AvgIpc) is 2.68. The molecule has 2 heterocycles. The maximum atomic E-state index is 12.8. The molecule has 1 atom stereocenters. The SMILES string of the molecule is CCOC(=O)C1=C(CN2CCCCC2)NC(=O)N[C@H]1c1cccc(OC)c1. The first-order chi connectivity index (χ1) is 13.1. The van der Waals surface area contributed by atoms with Crippen molar-refractivity contribution in [1.29, 1.82) is 0 Å². The molecule has 146 valence electrons. The number of carbonyl (C=O) groups excluding carboxylic acids is 2. The summed E-state index contributed by atoms with van der Waals surface area (Å²) >= 11 is 0. The molecule has 0 bridgehead atoms. The van der Waals surface area contributed by atoms with Crippen molar-refractivity contribution in [3.8, 4) is 5.75 Å². The highest BCUT2D eigenvalue weighted by atomic mass is 16.5. The lowest BCUT2D eigenvalue weighted by molar-refractivity contribution is -0.139. The monoisotopic (exact) mass is 373 g/mol. The number of likely N-dealkylation sites (tertiary alicyclic amines) is 1. The number of hydrogen-bond acceptors (Lipinski definition) is 5. The molecule has 1 aromatic rings. The van der Waals surface area contributed by atoms with E-state index in [1.54, 1.807) is 14.0 Å². The second-order valence-corrected chi connectivity index (χ2v) is 6.76. The lowest BCUT2D eigenvalue weighted by Gasteiger charge is -2.33. The Morgan fingerprint density at radius 2 is 2.04 bits per heavy atom. The lowest BCUT2D eigenvalue weighted by Crippen LogP contribution is -2.49. The molecule has 27 heavy (non-hydrogen) atoms.